The summed E-state index contributed by atoms with van der Waals surface area (Å²) >= 11 is 5.97. The summed E-state index contributed by atoms with van der Waals surface area (Å²) in [4.78, 5) is 27.0. The van der Waals surface area contributed by atoms with Gasteiger partial charge in [0, 0.05) is 10.7 Å². The van der Waals surface area contributed by atoms with Crippen LogP contribution in [0.2, 0.25) is 5.02 Å². The second-order valence-electron chi connectivity index (χ2n) is 7.10. The van der Waals surface area contributed by atoms with Crippen LogP contribution >= 0.6 is 11.6 Å². The van der Waals surface area contributed by atoms with E-state index in [0.717, 1.165) is 5.69 Å². The Hall–Kier alpha value is -1.81. The van der Waals surface area contributed by atoms with Crippen molar-refractivity contribution in [1.29, 1.82) is 0 Å². The van der Waals surface area contributed by atoms with Gasteiger partial charge in [0.15, 0.2) is 0 Å². The van der Waals surface area contributed by atoms with Crippen molar-refractivity contribution >= 4 is 29.1 Å². The maximum atomic E-state index is 12.8. The molecular formula is C18H17ClN2O2. The standard InChI is InChI=1S/C18H17ClN2O2/c19-9-2-1-3-10(6-9)20-8-21-17(22)15-11-4-5-12(14-7-13(11)14)16(15)18(21)23/h1-6,11-16,20H,7-8H2/t11-,12-,13+,14+,15-,16-/m1/s1. The van der Waals surface area contributed by atoms with Crippen LogP contribution < -0.4 is 5.32 Å². The molecule has 4 nitrogen and oxygen atoms in total. The number of nitrogens with zero attached hydrogens (tertiary/aromatic N) is 1. The van der Waals surface area contributed by atoms with E-state index in [4.69, 9.17) is 11.6 Å². The van der Waals surface area contributed by atoms with Crippen LogP contribution in [0.1, 0.15) is 6.42 Å². The molecule has 1 heterocycles. The second-order valence-corrected chi connectivity index (χ2v) is 7.54. The summed E-state index contributed by atoms with van der Waals surface area (Å²) in [6.07, 6.45) is 5.58. The molecule has 3 fully saturated rings. The third-order valence-electron chi connectivity index (χ3n) is 6.02. The summed E-state index contributed by atoms with van der Waals surface area (Å²) in [7, 11) is 0. The lowest BCUT2D eigenvalue weighted by Gasteiger charge is -2.37. The first kappa shape index (κ1) is 13.6. The first-order valence-corrected chi connectivity index (χ1v) is 8.56. The number of likely N-dealkylation sites (tertiary alicyclic amines) is 1. The number of amides is 2. The van der Waals surface area contributed by atoms with E-state index < -0.39 is 0 Å². The minimum Gasteiger partial charge on any atom is -0.367 e. The van der Waals surface area contributed by atoms with Gasteiger partial charge < -0.3 is 5.32 Å². The van der Waals surface area contributed by atoms with Crippen molar-refractivity contribution in [2.45, 2.75) is 6.42 Å². The van der Waals surface area contributed by atoms with E-state index in [9.17, 15) is 9.59 Å². The average Bonchev–Trinajstić information content (AvgIpc) is 3.32. The molecule has 4 aliphatic carbocycles. The van der Waals surface area contributed by atoms with Crippen LogP contribution in [-0.2, 0) is 9.59 Å². The van der Waals surface area contributed by atoms with Crippen LogP contribution in [0, 0.1) is 35.5 Å². The van der Waals surface area contributed by atoms with E-state index in [1.807, 2.05) is 12.1 Å². The van der Waals surface area contributed by atoms with E-state index >= 15 is 0 Å². The molecule has 0 spiro atoms. The SMILES string of the molecule is O=C1[C@@H]2[C@@H]3C=C[C@H]([C@@H]4C[C@@H]34)[C@H]2C(=O)N1CNc1cccc(Cl)c1. The third-order valence-corrected chi connectivity index (χ3v) is 6.26. The van der Waals surface area contributed by atoms with Gasteiger partial charge in [-0.25, -0.2) is 0 Å². The fourth-order valence-electron chi connectivity index (χ4n) is 4.94. The number of anilines is 1. The van der Waals surface area contributed by atoms with Crippen LogP contribution in [0.15, 0.2) is 36.4 Å². The number of halogens is 1. The second kappa shape index (κ2) is 4.60. The van der Waals surface area contributed by atoms with Crippen LogP contribution in [0.5, 0.6) is 0 Å². The van der Waals surface area contributed by atoms with Gasteiger partial charge in [0.05, 0.1) is 18.5 Å². The van der Waals surface area contributed by atoms with Gasteiger partial charge in [-0.2, -0.15) is 0 Å². The molecule has 6 rings (SSSR count). The number of hydrogen-bond donors (Lipinski definition) is 1. The molecule has 0 aromatic heterocycles. The number of hydrogen-bond acceptors (Lipinski definition) is 3. The number of carbonyl (C=O) groups excluding carboxylic acids is 2. The number of nitrogens with one attached hydrogen (secondary N) is 1. The zero-order valence-electron chi connectivity index (χ0n) is 12.5. The maximum absolute atomic E-state index is 12.8. The van der Waals surface area contributed by atoms with E-state index in [-0.39, 0.29) is 42.2 Å². The van der Waals surface area contributed by atoms with Gasteiger partial charge in [0.1, 0.15) is 0 Å². The molecule has 0 unspecified atom stereocenters. The highest BCUT2D eigenvalue weighted by atomic mass is 35.5. The molecule has 2 saturated carbocycles. The van der Waals surface area contributed by atoms with Crippen LogP contribution in [-0.4, -0.2) is 23.4 Å². The van der Waals surface area contributed by atoms with Gasteiger partial charge >= 0.3 is 0 Å². The fraction of sp³-hybridized carbons (Fsp3) is 0.444. The molecule has 1 saturated heterocycles. The molecule has 5 heteroatoms. The highest BCUT2D eigenvalue weighted by Gasteiger charge is 2.66. The van der Waals surface area contributed by atoms with Crippen LogP contribution in [0.4, 0.5) is 5.69 Å². The number of benzene rings is 1. The lowest BCUT2D eigenvalue weighted by molar-refractivity contribution is -0.139. The average molecular weight is 329 g/mol. The Morgan fingerprint density at radius 2 is 1.74 bits per heavy atom. The van der Waals surface area contributed by atoms with Gasteiger partial charge in [0.25, 0.3) is 0 Å². The normalized spacial score (nSPS) is 39.4. The quantitative estimate of drug-likeness (QED) is 0.685. The highest BCUT2D eigenvalue weighted by Crippen LogP contribution is 2.65. The number of rotatable bonds is 3. The Kier molecular flexibility index (Phi) is 2.72. The molecular weight excluding hydrogens is 312 g/mol. The van der Waals surface area contributed by atoms with Crippen molar-refractivity contribution in [3.8, 4) is 0 Å². The molecule has 118 valence electrons. The number of allylic oxidation sites excluding steroid dienone is 2. The molecule has 5 aliphatic rings. The summed E-state index contributed by atoms with van der Waals surface area (Å²) in [6, 6.07) is 7.31. The van der Waals surface area contributed by atoms with Crippen molar-refractivity contribution in [2.24, 2.45) is 35.5 Å². The van der Waals surface area contributed by atoms with Gasteiger partial charge in [-0.15, -0.1) is 0 Å². The molecule has 2 amide bonds. The summed E-state index contributed by atoms with van der Waals surface area (Å²) in [5.74, 6) is 1.60. The predicted octanol–water partition coefficient (Wildman–Crippen LogP) is 2.76. The predicted molar refractivity (Wildman–Crippen MR) is 86.5 cm³/mol. The zero-order valence-corrected chi connectivity index (χ0v) is 13.2. The summed E-state index contributed by atoms with van der Waals surface area (Å²) in [5.41, 5.74) is 0.817. The lowest BCUT2D eigenvalue weighted by atomic mass is 9.63. The topological polar surface area (TPSA) is 49.4 Å². The van der Waals surface area contributed by atoms with Crippen molar-refractivity contribution in [1.82, 2.24) is 4.90 Å². The molecule has 0 radical (unpaired) electrons. The monoisotopic (exact) mass is 328 g/mol. The summed E-state index contributed by atoms with van der Waals surface area (Å²) < 4.78 is 0. The third kappa shape index (κ3) is 1.84. The molecule has 1 aromatic carbocycles. The number of imide groups is 1. The summed E-state index contributed by atoms with van der Waals surface area (Å²) in [5, 5.41) is 3.78. The van der Waals surface area contributed by atoms with E-state index in [0.29, 0.717) is 16.9 Å². The molecule has 23 heavy (non-hydrogen) atoms. The Labute approximate surface area is 139 Å². The van der Waals surface area contributed by atoms with Crippen molar-refractivity contribution in [3.05, 3.63) is 41.4 Å². The van der Waals surface area contributed by atoms with E-state index in [1.54, 1.807) is 12.1 Å². The van der Waals surface area contributed by atoms with E-state index in [1.165, 1.54) is 11.3 Å². The zero-order chi connectivity index (χ0) is 15.7. The van der Waals surface area contributed by atoms with E-state index in [2.05, 4.69) is 17.5 Å². The Morgan fingerprint density at radius 3 is 2.35 bits per heavy atom. The Morgan fingerprint density at radius 1 is 1.09 bits per heavy atom. The maximum Gasteiger partial charge on any atom is 0.235 e. The van der Waals surface area contributed by atoms with Gasteiger partial charge in [0.2, 0.25) is 11.8 Å². The minimum absolute atomic E-state index is 0.000715. The van der Waals surface area contributed by atoms with Crippen molar-refractivity contribution < 1.29 is 9.59 Å². The fourth-order valence-corrected chi connectivity index (χ4v) is 5.13. The van der Waals surface area contributed by atoms with Crippen molar-refractivity contribution in [2.75, 3.05) is 12.0 Å². The molecule has 1 N–H and O–H groups in total. The minimum atomic E-state index is -0.123. The molecule has 6 atom stereocenters. The first-order valence-electron chi connectivity index (χ1n) is 8.18. The van der Waals surface area contributed by atoms with Gasteiger partial charge in [-0.3, -0.25) is 14.5 Å². The van der Waals surface area contributed by atoms with Gasteiger partial charge in [-0.1, -0.05) is 29.8 Å². The molecule has 1 aromatic rings. The first-order chi connectivity index (χ1) is 11.1. The largest absolute Gasteiger partial charge is 0.367 e. The molecule has 2 bridgehead atoms. The van der Waals surface area contributed by atoms with Crippen molar-refractivity contribution in [3.63, 3.8) is 0 Å². The Balaban J connectivity index is 1.37. The highest BCUT2D eigenvalue weighted by molar-refractivity contribution is 6.30. The Bertz CT molecular complexity index is 710. The lowest BCUT2D eigenvalue weighted by Crippen LogP contribution is -2.40. The summed E-state index contributed by atoms with van der Waals surface area (Å²) in [6.45, 7) is 0.222. The number of carbonyl (C=O) groups is 2. The van der Waals surface area contributed by atoms with Gasteiger partial charge in [-0.05, 0) is 48.3 Å². The van der Waals surface area contributed by atoms with Crippen LogP contribution in [0.3, 0.4) is 0 Å². The van der Waals surface area contributed by atoms with Crippen LogP contribution in [0.25, 0.3) is 0 Å². The molecule has 1 aliphatic heterocycles. The smallest absolute Gasteiger partial charge is 0.235 e.